The molecule has 0 saturated carbocycles. The fourth-order valence-corrected chi connectivity index (χ4v) is 0.999. The second-order valence-corrected chi connectivity index (χ2v) is 2.79. The van der Waals surface area contributed by atoms with Gasteiger partial charge >= 0.3 is 6.18 Å². The number of hydrogen-bond donors (Lipinski definition) is 0. The molecule has 1 rings (SSSR count). The molecule has 84 valence electrons. The first-order valence-corrected chi connectivity index (χ1v) is 3.76. The topological polar surface area (TPSA) is 12.9 Å². The molecule has 1 aromatic heterocycles. The molecule has 0 N–H and O–H groups in total. The maximum absolute atomic E-state index is 12.9. The van der Waals surface area contributed by atoms with Crippen LogP contribution < -0.4 is 0 Å². The summed E-state index contributed by atoms with van der Waals surface area (Å²) < 4.78 is 73.6. The van der Waals surface area contributed by atoms with Crippen LogP contribution in [0.15, 0.2) is 6.07 Å². The van der Waals surface area contributed by atoms with E-state index in [-0.39, 0.29) is 6.07 Å². The van der Waals surface area contributed by atoms with Gasteiger partial charge in [-0.3, -0.25) is 0 Å². The Hall–Kier alpha value is -1.27. The number of nitrogens with zero attached hydrogens (tertiary/aromatic N) is 1. The third kappa shape index (κ3) is 2.40. The van der Waals surface area contributed by atoms with Gasteiger partial charge in [-0.1, -0.05) is 0 Å². The molecule has 7 heteroatoms. The first kappa shape index (κ1) is 11.8. The van der Waals surface area contributed by atoms with Crippen molar-refractivity contribution in [3.8, 4) is 0 Å². The van der Waals surface area contributed by atoms with Crippen LogP contribution in [-0.2, 0) is 6.18 Å². The monoisotopic (exact) mass is 229 g/mol. The summed E-state index contributed by atoms with van der Waals surface area (Å²) in [6.07, 6.45) is -8.16. The molecule has 0 amide bonds. The molecular weight excluding hydrogens is 224 g/mol. The van der Waals surface area contributed by atoms with Crippen LogP contribution in [0, 0.1) is 12.7 Å². The molecule has 0 aliphatic carbocycles. The Balaban J connectivity index is 3.38. The number of alkyl halides is 5. The molecule has 0 radical (unpaired) electrons. The number of aryl methyl sites for hydroxylation is 1. The summed E-state index contributed by atoms with van der Waals surface area (Å²) in [4.78, 5) is 3.02. The Morgan fingerprint density at radius 3 is 2.20 bits per heavy atom. The molecule has 0 bridgehead atoms. The lowest BCUT2D eigenvalue weighted by molar-refractivity contribution is -0.140. The van der Waals surface area contributed by atoms with E-state index >= 15 is 0 Å². The minimum atomic E-state index is -5.00. The highest BCUT2D eigenvalue weighted by Gasteiger charge is 2.36. The van der Waals surface area contributed by atoms with Gasteiger partial charge in [0.1, 0.15) is 5.69 Å². The summed E-state index contributed by atoms with van der Waals surface area (Å²) in [7, 11) is 0. The molecule has 0 unspecified atom stereocenters. The van der Waals surface area contributed by atoms with E-state index in [2.05, 4.69) is 4.98 Å². The van der Waals surface area contributed by atoms with Crippen LogP contribution in [0.5, 0.6) is 0 Å². The van der Waals surface area contributed by atoms with E-state index in [1.54, 1.807) is 0 Å². The quantitative estimate of drug-likeness (QED) is 0.671. The normalized spacial score (nSPS) is 12.3. The van der Waals surface area contributed by atoms with Crippen molar-refractivity contribution in [2.24, 2.45) is 0 Å². The zero-order valence-corrected chi connectivity index (χ0v) is 7.37. The van der Waals surface area contributed by atoms with E-state index in [4.69, 9.17) is 0 Å². The average molecular weight is 229 g/mol. The molecule has 0 atom stereocenters. The molecule has 1 nitrogen and oxygen atoms in total. The Morgan fingerprint density at radius 1 is 1.27 bits per heavy atom. The summed E-state index contributed by atoms with van der Waals surface area (Å²) in [5.41, 5.74) is -3.49. The van der Waals surface area contributed by atoms with Gasteiger partial charge in [-0.25, -0.2) is 18.2 Å². The molecule has 15 heavy (non-hydrogen) atoms. The molecular formula is C8H5F6N. The number of aromatic nitrogens is 1. The summed E-state index contributed by atoms with van der Waals surface area (Å²) in [6.45, 7) is 0.899. The van der Waals surface area contributed by atoms with Gasteiger partial charge in [0, 0.05) is 0 Å². The first-order valence-electron chi connectivity index (χ1n) is 3.76. The van der Waals surface area contributed by atoms with Crippen LogP contribution in [-0.4, -0.2) is 4.98 Å². The van der Waals surface area contributed by atoms with E-state index in [9.17, 15) is 26.3 Å². The minimum Gasteiger partial charge on any atom is -0.249 e. The lowest BCUT2D eigenvalue weighted by atomic mass is 10.1. The summed E-state index contributed by atoms with van der Waals surface area (Å²) in [6, 6.07) is 0.0208. The van der Waals surface area contributed by atoms with E-state index in [1.165, 1.54) is 0 Å². The van der Waals surface area contributed by atoms with E-state index in [0.29, 0.717) is 0 Å². The number of halogens is 6. The number of pyridine rings is 1. The maximum atomic E-state index is 12.9. The highest BCUT2D eigenvalue weighted by molar-refractivity contribution is 5.26. The second kappa shape index (κ2) is 3.71. The predicted octanol–water partition coefficient (Wildman–Crippen LogP) is 3.49. The van der Waals surface area contributed by atoms with Crippen molar-refractivity contribution in [3.63, 3.8) is 0 Å². The van der Waals surface area contributed by atoms with Crippen molar-refractivity contribution < 1.29 is 26.3 Å². The standard InChI is InChI=1S/C8H5F6N/c1-3-6(9)4(8(12,13)14)2-5(15-3)7(10)11/h2,7H,1H3. The summed E-state index contributed by atoms with van der Waals surface area (Å²) >= 11 is 0. The molecule has 0 fully saturated rings. The maximum Gasteiger partial charge on any atom is 0.419 e. The molecule has 0 aromatic carbocycles. The van der Waals surface area contributed by atoms with Gasteiger partial charge < -0.3 is 0 Å². The smallest absolute Gasteiger partial charge is 0.249 e. The van der Waals surface area contributed by atoms with E-state index in [0.717, 1.165) is 6.92 Å². The summed E-state index contributed by atoms with van der Waals surface area (Å²) in [5, 5.41) is 0. The Morgan fingerprint density at radius 2 is 1.80 bits per heavy atom. The van der Waals surface area contributed by atoms with Crippen molar-refractivity contribution in [1.82, 2.24) is 4.98 Å². The second-order valence-electron chi connectivity index (χ2n) is 2.79. The molecule has 0 aliphatic rings. The van der Waals surface area contributed by atoms with Crippen molar-refractivity contribution in [2.45, 2.75) is 19.5 Å². The van der Waals surface area contributed by atoms with Crippen LogP contribution in [0.1, 0.15) is 23.4 Å². The van der Waals surface area contributed by atoms with Crippen LogP contribution in [0.25, 0.3) is 0 Å². The molecule has 1 aromatic rings. The Kier molecular flexibility index (Phi) is 2.92. The van der Waals surface area contributed by atoms with Gasteiger partial charge in [-0.05, 0) is 13.0 Å². The van der Waals surface area contributed by atoms with Crippen LogP contribution >= 0.6 is 0 Å². The van der Waals surface area contributed by atoms with Crippen LogP contribution in [0.4, 0.5) is 26.3 Å². The lowest BCUT2D eigenvalue weighted by Crippen LogP contribution is -2.12. The van der Waals surface area contributed by atoms with Crippen LogP contribution in [0.3, 0.4) is 0 Å². The molecule has 0 aliphatic heterocycles. The van der Waals surface area contributed by atoms with Crippen molar-refractivity contribution in [2.75, 3.05) is 0 Å². The average Bonchev–Trinajstić information content (AvgIpc) is 2.06. The largest absolute Gasteiger partial charge is 0.419 e. The molecule has 1 heterocycles. The fraction of sp³-hybridized carbons (Fsp3) is 0.375. The van der Waals surface area contributed by atoms with Crippen molar-refractivity contribution in [1.29, 1.82) is 0 Å². The fourth-order valence-electron chi connectivity index (χ4n) is 0.999. The Labute approximate surface area is 80.7 Å². The first-order chi connectivity index (χ1) is 6.73. The van der Waals surface area contributed by atoms with E-state index < -0.39 is 35.4 Å². The van der Waals surface area contributed by atoms with Crippen LogP contribution in [0.2, 0.25) is 0 Å². The van der Waals surface area contributed by atoms with E-state index in [1.807, 2.05) is 0 Å². The third-order valence-electron chi connectivity index (χ3n) is 1.67. The predicted molar refractivity (Wildman–Crippen MR) is 38.9 cm³/mol. The SMILES string of the molecule is Cc1nc(C(F)F)cc(C(F)(F)F)c1F. The highest BCUT2D eigenvalue weighted by Crippen LogP contribution is 2.34. The van der Waals surface area contributed by atoms with Gasteiger partial charge in [0.05, 0.1) is 11.3 Å². The Bertz CT molecular complexity index is 370. The molecule has 0 saturated heterocycles. The molecule has 0 spiro atoms. The minimum absolute atomic E-state index is 0.0208. The number of rotatable bonds is 1. The highest BCUT2D eigenvalue weighted by atomic mass is 19.4. The third-order valence-corrected chi connectivity index (χ3v) is 1.67. The zero-order valence-electron chi connectivity index (χ0n) is 7.37. The van der Waals surface area contributed by atoms with Gasteiger partial charge in [0.25, 0.3) is 6.43 Å². The van der Waals surface area contributed by atoms with Crippen molar-refractivity contribution >= 4 is 0 Å². The summed E-state index contributed by atoms with van der Waals surface area (Å²) in [5.74, 6) is -1.62. The van der Waals surface area contributed by atoms with Gasteiger partial charge in [0.2, 0.25) is 0 Å². The van der Waals surface area contributed by atoms with Gasteiger partial charge in [0.15, 0.2) is 5.82 Å². The van der Waals surface area contributed by atoms with Crippen molar-refractivity contribution in [3.05, 3.63) is 28.8 Å². The zero-order chi connectivity index (χ0) is 11.8. The lowest BCUT2D eigenvalue weighted by Gasteiger charge is -2.11. The van der Waals surface area contributed by atoms with Gasteiger partial charge in [-0.2, -0.15) is 13.2 Å². The van der Waals surface area contributed by atoms with Gasteiger partial charge in [-0.15, -0.1) is 0 Å². The number of hydrogen-bond acceptors (Lipinski definition) is 1.